The van der Waals surface area contributed by atoms with E-state index in [9.17, 15) is 14.0 Å². The van der Waals surface area contributed by atoms with Crippen LogP contribution in [0.5, 0.6) is 11.5 Å². The van der Waals surface area contributed by atoms with Crippen LogP contribution in [0.1, 0.15) is 20.7 Å². The predicted octanol–water partition coefficient (Wildman–Crippen LogP) is 2.55. The van der Waals surface area contributed by atoms with Crippen molar-refractivity contribution in [2.24, 2.45) is 0 Å². The number of aromatic hydroxyl groups is 2. The summed E-state index contributed by atoms with van der Waals surface area (Å²) in [6.07, 6.45) is 1.02. The lowest BCUT2D eigenvalue weighted by atomic mass is 10.2. The molecule has 2 N–H and O–H groups in total. The molecule has 0 heterocycles. The van der Waals surface area contributed by atoms with E-state index in [0.717, 1.165) is 6.07 Å². The van der Waals surface area contributed by atoms with Crippen molar-refractivity contribution >= 4 is 12.6 Å². The van der Waals surface area contributed by atoms with Gasteiger partial charge in [0.05, 0.1) is 11.1 Å². The molecule has 0 fully saturated rings. The Morgan fingerprint density at radius 3 is 1.89 bits per heavy atom. The molecule has 5 heteroatoms. The second-order valence-electron chi connectivity index (χ2n) is 3.47. The van der Waals surface area contributed by atoms with Gasteiger partial charge in [0.1, 0.15) is 5.75 Å². The largest absolute Gasteiger partial charge is 0.507 e. The van der Waals surface area contributed by atoms with Gasteiger partial charge in [-0.2, -0.15) is 0 Å². The smallest absolute Gasteiger partial charge is 0.165 e. The zero-order chi connectivity index (χ0) is 14.3. The first kappa shape index (κ1) is 14.4. The average Bonchev–Trinajstić information content (AvgIpc) is 2.43. The fraction of sp³-hybridized carbons (Fsp3) is 0. The lowest BCUT2D eigenvalue weighted by Crippen LogP contribution is -1.83. The molecule has 0 spiro atoms. The number of phenols is 2. The first-order chi connectivity index (χ1) is 9.10. The Balaban J connectivity index is 0.000000191. The van der Waals surface area contributed by atoms with Crippen LogP contribution in [0.3, 0.4) is 0 Å². The third-order valence-corrected chi connectivity index (χ3v) is 2.21. The van der Waals surface area contributed by atoms with E-state index < -0.39 is 11.6 Å². The zero-order valence-electron chi connectivity index (χ0n) is 9.79. The number of benzene rings is 2. The third-order valence-electron chi connectivity index (χ3n) is 2.21. The monoisotopic (exact) mass is 262 g/mol. The topological polar surface area (TPSA) is 74.6 Å². The van der Waals surface area contributed by atoms with Crippen LogP contribution in [0.15, 0.2) is 42.5 Å². The van der Waals surface area contributed by atoms with Gasteiger partial charge in [-0.25, -0.2) is 4.39 Å². The summed E-state index contributed by atoms with van der Waals surface area (Å²) in [4.78, 5) is 20.1. The number of rotatable bonds is 2. The maximum atomic E-state index is 12.4. The summed E-state index contributed by atoms with van der Waals surface area (Å²) in [5.41, 5.74) is 0.303. The molecule has 0 bridgehead atoms. The highest BCUT2D eigenvalue weighted by molar-refractivity contribution is 5.79. The Morgan fingerprint density at radius 1 is 0.842 bits per heavy atom. The highest BCUT2D eigenvalue weighted by Gasteiger charge is 2.03. The van der Waals surface area contributed by atoms with Crippen molar-refractivity contribution < 1.29 is 24.2 Å². The predicted molar refractivity (Wildman–Crippen MR) is 66.9 cm³/mol. The third kappa shape index (κ3) is 3.92. The van der Waals surface area contributed by atoms with Crippen molar-refractivity contribution in [2.45, 2.75) is 0 Å². The lowest BCUT2D eigenvalue weighted by Gasteiger charge is -1.95. The highest BCUT2D eigenvalue weighted by atomic mass is 19.1. The molecule has 0 saturated heterocycles. The van der Waals surface area contributed by atoms with E-state index in [1.807, 2.05) is 0 Å². The van der Waals surface area contributed by atoms with Crippen LogP contribution in [0.4, 0.5) is 4.39 Å². The first-order valence-electron chi connectivity index (χ1n) is 5.26. The van der Waals surface area contributed by atoms with Crippen LogP contribution in [-0.4, -0.2) is 22.8 Å². The zero-order valence-corrected chi connectivity index (χ0v) is 9.79. The van der Waals surface area contributed by atoms with Crippen LogP contribution in [0.25, 0.3) is 0 Å². The summed E-state index contributed by atoms with van der Waals surface area (Å²) in [6.45, 7) is 0. The molecule has 2 aromatic carbocycles. The van der Waals surface area contributed by atoms with Gasteiger partial charge < -0.3 is 10.2 Å². The molecular formula is C14H11FO4. The number of phenolic OH excluding ortho intramolecular Hbond substituents is 2. The number of halogens is 1. The normalized spacial score (nSPS) is 9.11. The molecule has 0 aromatic heterocycles. The molecule has 0 aliphatic carbocycles. The summed E-state index contributed by atoms with van der Waals surface area (Å²) < 4.78 is 12.4. The Kier molecular flexibility index (Phi) is 5.22. The Labute approximate surface area is 108 Å². The van der Waals surface area contributed by atoms with Gasteiger partial charge in [-0.15, -0.1) is 0 Å². The minimum Gasteiger partial charge on any atom is -0.507 e. The Bertz CT molecular complexity index is 581. The van der Waals surface area contributed by atoms with Crippen LogP contribution >= 0.6 is 0 Å². The number of carbonyl (C=O) groups is 2. The SMILES string of the molecule is O=Cc1cccc(F)c1O.O=Cc1ccccc1O. The van der Waals surface area contributed by atoms with Gasteiger partial charge in [0, 0.05) is 0 Å². The van der Waals surface area contributed by atoms with Crippen molar-refractivity contribution in [2.75, 3.05) is 0 Å². The van der Waals surface area contributed by atoms with E-state index in [-0.39, 0.29) is 11.3 Å². The molecule has 0 aliphatic rings. The second-order valence-corrected chi connectivity index (χ2v) is 3.47. The average molecular weight is 262 g/mol. The lowest BCUT2D eigenvalue weighted by molar-refractivity contribution is 0.111. The van der Waals surface area contributed by atoms with E-state index >= 15 is 0 Å². The molecule has 0 saturated carbocycles. The van der Waals surface area contributed by atoms with Crippen molar-refractivity contribution in [3.63, 3.8) is 0 Å². The van der Waals surface area contributed by atoms with Crippen LogP contribution in [0.2, 0.25) is 0 Å². The van der Waals surface area contributed by atoms with Gasteiger partial charge in [0.2, 0.25) is 0 Å². The standard InChI is InChI=1S/C7H5FO2.C7H6O2/c8-6-3-1-2-5(4-9)7(6)10;8-5-6-3-1-2-4-7(6)9/h1-4,10H;1-5,9H. The molecule has 2 rings (SSSR count). The number of hydrogen-bond acceptors (Lipinski definition) is 4. The van der Waals surface area contributed by atoms with Crippen molar-refractivity contribution in [1.29, 1.82) is 0 Å². The van der Waals surface area contributed by atoms with E-state index in [4.69, 9.17) is 10.2 Å². The van der Waals surface area contributed by atoms with Crippen LogP contribution < -0.4 is 0 Å². The van der Waals surface area contributed by atoms with Gasteiger partial charge in [-0.1, -0.05) is 18.2 Å². The molecule has 2 aromatic rings. The molecule has 98 valence electrons. The molecule has 4 nitrogen and oxygen atoms in total. The minimum absolute atomic E-state index is 0.0278. The summed E-state index contributed by atoms with van der Waals surface area (Å²) in [5, 5.41) is 17.7. The van der Waals surface area contributed by atoms with Crippen LogP contribution in [0, 0.1) is 5.82 Å². The first-order valence-corrected chi connectivity index (χ1v) is 5.26. The maximum absolute atomic E-state index is 12.4. The summed E-state index contributed by atoms with van der Waals surface area (Å²) in [7, 11) is 0. The number of carbonyl (C=O) groups excluding carboxylic acids is 2. The maximum Gasteiger partial charge on any atom is 0.165 e. The molecule has 0 aliphatic heterocycles. The number of para-hydroxylation sites is 2. The molecule has 0 radical (unpaired) electrons. The highest BCUT2D eigenvalue weighted by Crippen LogP contribution is 2.18. The number of aldehydes is 2. The Hall–Kier alpha value is -2.69. The summed E-state index contributed by atoms with van der Waals surface area (Å²) in [6, 6.07) is 10.2. The van der Waals surface area contributed by atoms with Gasteiger partial charge in [-0.3, -0.25) is 9.59 Å². The molecule has 0 atom stereocenters. The van der Waals surface area contributed by atoms with E-state index in [2.05, 4.69) is 0 Å². The van der Waals surface area contributed by atoms with Gasteiger partial charge in [0.25, 0.3) is 0 Å². The van der Waals surface area contributed by atoms with Crippen molar-refractivity contribution in [3.8, 4) is 11.5 Å². The minimum atomic E-state index is -0.774. The van der Waals surface area contributed by atoms with Crippen molar-refractivity contribution in [1.82, 2.24) is 0 Å². The summed E-state index contributed by atoms with van der Waals surface area (Å²) >= 11 is 0. The second kappa shape index (κ2) is 6.90. The van der Waals surface area contributed by atoms with E-state index in [1.54, 1.807) is 18.2 Å². The van der Waals surface area contributed by atoms with E-state index in [0.29, 0.717) is 18.1 Å². The molecule has 0 unspecified atom stereocenters. The van der Waals surface area contributed by atoms with E-state index in [1.165, 1.54) is 18.2 Å². The van der Waals surface area contributed by atoms with Gasteiger partial charge in [0.15, 0.2) is 24.1 Å². The number of hydrogen-bond donors (Lipinski definition) is 2. The molecule has 19 heavy (non-hydrogen) atoms. The quantitative estimate of drug-likeness (QED) is 0.815. The molecule has 0 amide bonds. The fourth-order valence-corrected chi connectivity index (χ4v) is 1.21. The fourth-order valence-electron chi connectivity index (χ4n) is 1.21. The van der Waals surface area contributed by atoms with Crippen LogP contribution in [-0.2, 0) is 0 Å². The van der Waals surface area contributed by atoms with Gasteiger partial charge in [-0.05, 0) is 24.3 Å². The van der Waals surface area contributed by atoms with Gasteiger partial charge >= 0.3 is 0 Å². The molecular weight excluding hydrogens is 251 g/mol. The summed E-state index contributed by atoms with van der Waals surface area (Å²) in [5.74, 6) is -1.32. The van der Waals surface area contributed by atoms with Crippen molar-refractivity contribution in [3.05, 3.63) is 59.4 Å². The Morgan fingerprint density at radius 2 is 1.42 bits per heavy atom.